The molecule has 2 aliphatic rings. The van der Waals surface area contributed by atoms with Crippen molar-refractivity contribution in [3.05, 3.63) is 41.2 Å². The molecule has 21 heavy (non-hydrogen) atoms. The smallest absolute Gasteiger partial charge is 0.140 e. The van der Waals surface area contributed by atoms with E-state index < -0.39 is 0 Å². The number of fused-ring (bicyclic) bond motifs is 3. The maximum atomic E-state index is 6.11. The Bertz CT molecular complexity index is 504. The monoisotopic (exact) mass is 286 g/mol. The molecule has 3 rings (SSSR count). The van der Waals surface area contributed by atoms with Crippen LogP contribution < -0.4 is 0 Å². The fourth-order valence-corrected chi connectivity index (χ4v) is 3.33. The second-order valence-electron chi connectivity index (χ2n) is 6.05. The van der Waals surface area contributed by atoms with Gasteiger partial charge in [-0.3, -0.25) is 0 Å². The fourth-order valence-electron chi connectivity index (χ4n) is 3.33. The minimum Gasteiger partial charge on any atom is -0.494 e. The Morgan fingerprint density at radius 2 is 1.90 bits per heavy atom. The molecule has 1 atom stereocenters. The van der Waals surface area contributed by atoms with E-state index in [4.69, 9.17) is 9.47 Å². The van der Waals surface area contributed by atoms with Crippen molar-refractivity contribution in [1.29, 1.82) is 0 Å². The predicted octanol–water partition coefficient (Wildman–Crippen LogP) is 5.25. The third-order valence-electron chi connectivity index (χ3n) is 4.47. The lowest BCUT2D eigenvalue weighted by atomic mass is 10.0. The van der Waals surface area contributed by atoms with Crippen LogP contribution in [0.1, 0.15) is 69.1 Å². The highest BCUT2D eigenvalue weighted by Gasteiger charge is 2.33. The van der Waals surface area contributed by atoms with Crippen molar-refractivity contribution in [3.8, 4) is 0 Å². The summed E-state index contributed by atoms with van der Waals surface area (Å²) in [4.78, 5) is 0. The van der Waals surface area contributed by atoms with E-state index in [-0.39, 0.29) is 6.10 Å². The number of allylic oxidation sites excluding steroid dienone is 1. The van der Waals surface area contributed by atoms with Gasteiger partial charge in [-0.2, -0.15) is 0 Å². The number of unbranched alkanes of at least 4 members (excludes halogenated alkanes) is 3. The van der Waals surface area contributed by atoms with Crippen LogP contribution in [-0.2, 0) is 9.47 Å². The molecular formula is C19H26O2. The molecule has 1 aliphatic carbocycles. The molecule has 1 unspecified atom stereocenters. The summed E-state index contributed by atoms with van der Waals surface area (Å²) in [5, 5.41) is 0. The Hall–Kier alpha value is -1.28. The molecule has 0 radical (unpaired) electrons. The van der Waals surface area contributed by atoms with Gasteiger partial charge in [-0.1, -0.05) is 50.5 Å². The van der Waals surface area contributed by atoms with Gasteiger partial charge >= 0.3 is 0 Å². The lowest BCUT2D eigenvalue weighted by Gasteiger charge is -2.21. The van der Waals surface area contributed by atoms with Gasteiger partial charge in [0, 0.05) is 12.2 Å². The average molecular weight is 286 g/mol. The summed E-state index contributed by atoms with van der Waals surface area (Å²) in [6.45, 7) is 3.94. The molecule has 114 valence electrons. The second kappa shape index (κ2) is 7.13. The van der Waals surface area contributed by atoms with Crippen LogP contribution in [0.2, 0.25) is 0 Å². The highest BCUT2D eigenvalue weighted by molar-refractivity contribution is 5.76. The third kappa shape index (κ3) is 3.16. The molecule has 0 aromatic heterocycles. The molecule has 1 saturated heterocycles. The van der Waals surface area contributed by atoms with E-state index in [0.717, 1.165) is 38.2 Å². The van der Waals surface area contributed by atoms with E-state index in [0.29, 0.717) is 0 Å². The van der Waals surface area contributed by atoms with Gasteiger partial charge < -0.3 is 9.47 Å². The highest BCUT2D eigenvalue weighted by atomic mass is 16.5. The maximum absolute atomic E-state index is 6.11. The molecule has 0 spiro atoms. The number of ether oxygens (including phenoxy) is 2. The van der Waals surface area contributed by atoms with E-state index in [1.807, 2.05) is 0 Å². The van der Waals surface area contributed by atoms with E-state index in [1.54, 1.807) is 0 Å². The molecule has 1 aliphatic heterocycles. The first-order valence-corrected chi connectivity index (χ1v) is 8.48. The number of hydrogen-bond donors (Lipinski definition) is 0. The standard InChI is InChI=1S/C19H26O2/c1-2-3-4-5-11-16-15-10-6-7-12-17(15)19-18(16)20-13-8-9-14-21-19/h6-7,10,12,19H,2-5,8-9,11,13-14H2,1H3. The Morgan fingerprint density at radius 3 is 2.81 bits per heavy atom. The van der Waals surface area contributed by atoms with Crippen molar-refractivity contribution in [2.45, 2.75) is 58.0 Å². The number of benzene rings is 1. The summed E-state index contributed by atoms with van der Waals surface area (Å²) in [5.41, 5.74) is 4.06. The molecule has 2 heteroatoms. The molecule has 0 saturated carbocycles. The molecule has 1 aromatic rings. The molecule has 0 N–H and O–H groups in total. The van der Waals surface area contributed by atoms with Crippen LogP contribution in [0.25, 0.3) is 5.57 Å². The zero-order chi connectivity index (χ0) is 14.5. The summed E-state index contributed by atoms with van der Waals surface area (Å²) >= 11 is 0. The number of hydrogen-bond acceptors (Lipinski definition) is 2. The Morgan fingerprint density at radius 1 is 1.05 bits per heavy atom. The zero-order valence-electron chi connectivity index (χ0n) is 13.1. The Balaban J connectivity index is 1.84. The summed E-state index contributed by atoms with van der Waals surface area (Å²) in [6.07, 6.45) is 8.51. The van der Waals surface area contributed by atoms with Crippen molar-refractivity contribution in [2.75, 3.05) is 13.2 Å². The number of rotatable bonds is 5. The van der Waals surface area contributed by atoms with Gasteiger partial charge in [-0.15, -0.1) is 0 Å². The molecule has 1 aromatic carbocycles. The van der Waals surface area contributed by atoms with Crippen LogP contribution in [-0.4, -0.2) is 13.2 Å². The van der Waals surface area contributed by atoms with Crippen LogP contribution in [0.4, 0.5) is 0 Å². The van der Waals surface area contributed by atoms with Gasteiger partial charge in [0.25, 0.3) is 0 Å². The van der Waals surface area contributed by atoms with Crippen molar-refractivity contribution < 1.29 is 9.47 Å². The predicted molar refractivity (Wildman–Crippen MR) is 86.0 cm³/mol. The zero-order valence-corrected chi connectivity index (χ0v) is 13.1. The van der Waals surface area contributed by atoms with Gasteiger partial charge in [-0.05, 0) is 36.8 Å². The molecule has 1 heterocycles. The molecule has 0 bridgehead atoms. The summed E-state index contributed by atoms with van der Waals surface area (Å²) in [5.74, 6) is 1.10. The van der Waals surface area contributed by atoms with E-state index in [1.165, 1.54) is 42.4 Å². The first-order valence-electron chi connectivity index (χ1n) is 8.48. The lowest BCUT2D eigenvalue weighted by molar-refractivity contribution is 0.0100. The Kier molecular flexibility index (Phi) is 4.97. The largest absolute Gasteiger partial charge is 0.494 e. The normalized spacial score (nSPS) is 21.3. The van der Waals surface area contributed by atoms with Gasteiger partial charge in [0.1, 0.15) is 11.9 Å². The first kappa shape index (κ1) is 14.6. The molecular weight excluding hydrogens is 260 g/mol. The van der Waals surface area contributed by atoms with Crippen LogP contribution >= 0.6 is 0 Å². The van der Waals surface area contributed by atoms with E-state index >= 15 is 0 Å². The third-order valence-corrected chi connectivity index (χ3v) is 4.47. The van der Waals surface area contributed by atoms with Crippen molar-refractivity contribution >= 4 is 5.57 Å². The highest BCUT2D eigenvalue weighted by Crippen LogP contribution is 2.45. The fraction of sp³-hybridized carbons (Fsp3) is 0.579. The lowest BCUT2D eigenvalue weighted by Crippen LogP contribution is -2.13. The SMILES string of the molecule is CCCCCCC1=C2OCCCCOC2c2ccccc21. The molecule has 2 nitrogen and oxygen atoms in total. The van der Waals surface area contributed by atoms with E-state index in [2.05, 4.69) is 31.2 Å². The Labute approximate surface area is 128 Å². The van der Waals surface area contributed by atoms with Crippen LogP contribution in [0.5, 0.6) is 0 Å². The van der Waals surface area contributed by atoms with Crippen molar-refractivity contribution in [1.82, 2.24) is 0 Å². The minimum absolute atomic E-state index is 0.0441. The maximum Gasteiger partial charge on any atom is 0.140 e. The van der Waals surface area contributed by atoms with Gasteiger partial charge in [-0.25, -0.2) is 0 Å². The van der Waals surface area contributed by atoms with Crippen molar-refractivity contribution in [2.24, 2.45) is 0 Å². The second-order valence-corrected chi connectivity index (χ2v) is 6.05. The van der Waals surface area contributed by atoms with Crippen molar-refractivity contribution in [3.63, 3.8) is 0 Å². The topological polar surface area (TPSA) is 18.5 Å². The molecule has 1 fully saturated rings. The first-order chi connectivity index (χ1) is 10.4. The minimum atomic E-state index is 0.0441. The van der Waals surface area contributed by atoms with Gasteiger partial charge in [0.05, 0.1) is 6.61 Å². The summed E-state index contributed by atoms with van der Waals surface area (Å²) < 4.78 is 12.2. The summed E-state index contributed by atoms with van der Waals surface area (Å²) in [7, 11) is 0. The van der Waals surface area contributed by atoms with E-state index in [9.17, 15) is 0 Å². The van der Waals surface area contributed by atoms with Crippen LogP contribution in [0, 0.1) is 0 Å². The van der Waals surface area contributed by atoms with Crippen LogP contribution in [0.15, 0.2) is 30.0 Å². The quantitative estimate of drug-likeness (QED) is 0.688. The van der Waals surface area contributed by atoms with Gasteiger partial charge in [0.2, 0.25) is 0 Å². The average Bonchev–Trinajstić information content (AvgIpc) is 2.76. The molecule has 0 amide bonds. The van der Waals surface area contributed by atoms with Crippen LogP contribution in [0.3, 0.4) is 0 Å². The van der Waals surface area contributed by atoms with Gasteiger partial charge in [0.15, 0.2) is 0 Å². The summed E-state index contributed by atoms with van der Waals surface area (Å²) in [6, 6.07) is 8.67.